The quantitative estimate of drug-likeness (QED) is 0.833. The summed E-state index contributed by atoms with van der Waals surface area (Å²) in [7, 11) is 0. The van der Waals surface area contributed by atoms with Crippen molar-refractivity contribution in [2.45, 2.75) is 26.0 Å². The van der Waals surface area contributed by atoms with Gasteiger partial charge in [-0.2, -0.15) is 0 Å². The third-order valence-corrected chi connectivity index (χ3v) is 4.50. The van der Waals surface area contributed by atoms with Crippen molar-refractivity contribution >= 4 is 52.3 Å². The summed E-state index contributed by atoms with van der Waals surface area (Å²) >= 11 is 12.0. The number of rotatable bonds is 3. The molecular weight excluding hydrogens is 379 g/mol. The maximum Gasteiger partial charge on any atom is 0.269 e. The highest BCUT2D eigenvalue weighted by Crippen LogP contribution is 2.34. The average Bonchev–Trinajstić information content (AvgIpc) is 2.59. The molecule has 3 rings (SSSR count). The molecule has 0 fully saturated rings. The van der Waals surface area contributed by atoms with E-state index in [1.54, 1.807) is 38.1 Å². The van der Waals surface area contributed by atoms with Crippen LogP contribution in [0.15, 0.2) is 30.3 Å². The van der Waals surface area contributed by atoms with Crippen molar-refractivity contribution in [1.82, 2.24) is 4.98 Å². The predicted molar refractivity (Wildman–Crippen MR) is 101 cm³/mol. The number of halogens is 2. The zero-order chi connectivity index (χ0) is 19.0. The number of ether oxygens (including phenoxy) is 1. The number of carbonyl (C=O) groups is 2. The second-order valence-electron chi connectivity index (χ2n) is 5.82. The van der Waals surface area contributed by atoms with Crippen molar-refractivity contribution in [2.24, 2.45) is 0 Å². The lowest BCUT2D eigenvalue weighted by Crippen LogP contribution is -2.53. The number of benzene rings is 1. The largest absolute Gasteiger partial charge is 0.477 e. The zero-order valence-electron chi connectivity index (χ0n) is 14.0. The maximum absolute atomic E-state index is 12.7. The Morgan fingerprint density at radius 1 is 1.35 bits per heavy atom. The highest BCUT2D eigenvalue weighted by atomic mass is 35.5. The lowest BCUT2D eigenvalue weighted by molar-refractivity contribution is -0.128. The van der Waals surface area contributed by atoms with E-state index in [4.69, 9.17) is 33.7 Å². The van der Waals surface area contributed by atoms with Crippen molar-refractivity contribution in [1.29, 1.82) is 0 Å². The molecule has 7 nitrogen and oxygen atoms in total. The normalized spacial score (nSPS) is 17.3. The predicted octanol–water partition coefficient (Wildman–Crippen LogP) is 3.11. The number of aromatic nitrogens is 1. The summed E-state index contributed by atoms with van der Waals surface area (Å²) in [5.41, 5.74) is 6.08. The molecule has 136 valence electrons. The lowest BCUT2D eigenvalue weighted by atomic mass is 10.1. The number of hydrogen-bond acceptors (Lipinski definition) is 5. The molecule has 26 heavy (non-hydrogen) atoms. The zero-order valence-corrected chi connectivity index (χ0v) is 15.5. The van der Waals surface area contributed by atoms with Crippen LogP contribution >= 0.6 is 23.2 Å². The van der Waals surface area contributed by atoms with Crippen LogP contribution in [-0.2, 0) is 9.59 Å². The van der Waals surface area contributed by atoms with E-state index >= 15 is 0 Å². The van der Waals surface area contributed by atoms with Gasteiger partial charge in [0.15, 0.2) is 17.7 Å². The number of amides is 2. The molecule has 0 spiro atoms. The molecule has 0 saturated heterocycles. The standard InChI is InChI=1S/C17H16Cl2N4O3/c1-8(16(24)21-12-7-10(18)3-4-11(12)19)23-15-13(5-6-14(20)22-15)26-9(2)17(23)25/h3-9H,1-2H3,(H2,20,22)(H,21,24). The fourth-order valence-corrected chi connectivity index (χ4v) is 2.91. The van der Waals surface area contributed by atoms with Gasteiger partial charge in [0, 0.05) is 5.02 Å². The van der Waals surface area contributed by atoms with E-state index < -0.39 is 24.0 Å². The Morgan fingerprint density at radius 2 is 2.08 bits per heavy atom. The Bertz CT molecular complexity index is 890. The summed E-state index contributed by atoms with van der Waals surface area (Å²) < 4.78 is 5.53. The first-order valence-corrected chi connectivity index (χ1v) is 8.55. The molecule has 1 aromatic heterocycles. The van der Waals surface area contributed by atoms with E-state index in [0.717, 1.165) is 0 Å². The van der Waals surface area contributed by atoms with Crippen molar-refractivity contribution in [2.75, 3.05) is 16.0 Å². The molecular formula is C17H16Cl2N4O3. The van der Waals surface area contributed by atoms with Crippen LogP contribution in [0, 0.1) is 0 Å². The summed E-state index contributed by atoms with van der Waals surface area (Å²) in [4.78, 5) is 30.8. The smallest absolute Gasteiger partial charge is 0.269 e. The Kier molecular flexibility index (Phi) is 4.93. The number of nitrogens with two attached hydrogens (primary N) is 1. The molecule has 2 atom stereocenters. The Hall–Kier alpha value is -2.51. The Labute approximate surface area is 160 Å². The molecule has 0 radical (unpaired) electrons. The van der Waals surface area contributed by atoms with Crippen LogP contribution in [0.5, 0.6) is 5.75 Å². The number of fused-ring (bicyclic) bond motifs is 1. The Balaban J connectivity index is 1.92. The molecule has 2 unspecified atom stereocenters. The van der Waals surface area contributed by atoms with Crippen molar-refractivity contribution in [3.05, 3.63) is 40.4 Å². The molecule has 3 N–H and O–H groups in total. The molecule has 2 heterocycles. The number of nitrogens with zero attached hydrogens (tertiary/aromatic N) is 2. The third kappa shape index (κ3) is 3.40. The van der Waals surface area contributed by atoms with Gasteiger partial charge in [0.25, 0.3) is 5.91 Å². The van der Waals surface area contributed by atoms with E-state index in [2.05, 4.69) is 10.3 Å². The molecule has 1 aromatic carbocycles. The summed E-state index contributed by atoms with van der Waals surface area (Å²) in [6.07, 6.45) is -0.752. The summed E-state index contributed by atoms with van der Waals surface area (Å²) in [6.45, 7) is 3.19. The van der Waals surface area contributed by atoms with Crippen LogP contribution in [0.1, 0.15) is 13.8 Å². The molecule has 0 saturated carbocycles. The number of anilines is 3. The molecule has 2 aromatic rings. The Morgan fingerprint density at radius 3 is 2.81 bits per heavy atom. The van der Waals surface area contributed by atoms with Crippen LogP contribution < -0.4 is 20.7 Å². The van der Waals surface area contributed by atoms with Crippen LogP contribution in [-0.4, -0.2) is 28.9 Å². The SMILES string of the molecule is CC1Oc2ccc(N)nc2N(C(C)C(=O)Nc2cc(Cl)ccc2Cl)C1=O. The fourth-order valence-electron chi connectivity index (χ4n) is 2.58. The van der Waals surface area contributed by atoms with Crippen molar-refractivity contribution in [3.63, 3.8) is 0 Å². The molecule has 1 aliphatic heterocycles. The van der Waals surface area contributed by atoms with Crippen LogP contribution in [0.4, 0.5) is 17.3 Å². The van der Waals surface area contributed by atoms with Crippen molar-refractivity contribution < 1.29 is 14.3 Å². The van der Waals surface area contributed by atoms with E-state index in [1.165, 1.54) is 11.0 Å². The number of nitrogens with one attached hydrogen (secondary N) is 1. The van der Waals surface area contributed by atoms with Crippen LogP contribution in [0.3, 0.4) is 0 Å². The molecule has 1 aliphatic rings. The summed E-state index contributed by atoms with van der Waals surface area (Å²) in [5.74, 6) is -0.0490. The maximum atomic E-state index is 12.7. The lowest BCUT2D eigenvalue weighted by Gasteiger charge is -2.35. The second kappa shape index (κ2) is 7.01. The highest BCUT2D eigenvalue weighted by Gasteiger charge is 2.38. The number of nitrogen functional groups attached to an aromatic ring is 1. The topological polar surface area (TPSA) is 97.6 Å². The van der Waals surface area contributed by atoms with E-state index in [1.807, 2.05) is 0 Å². The minimum Gasteiger partial charge on any atom is -0.477 e. The third-order valence-electron chi connectivity index (χ3n) is 3.93. The number of pyridine rings is 1. The van der Waals surface area contributed by atoms with Crippen molar-refractivity contribution in [3.8, 4) is 5.75 Å². The van der Waals surface area contributed by atoms with Crippen LogP contribution in [0.25, 0.3) is 0 Å². The minimum absolute atomic E-state index is 0.202. The second-order valence-corrected chi connectivity index (χ2v) is 6.66. The van der Waals surface area contributed by atoms with Gasteiger partial charge in [-0.1, -0.05) is 23.2 Å². The van der Waals surface area contributed by atoms with E-state index in [0.29, 0.717) is 21.5 Å². The van der Waals surface area contributed by atoms with Gasteiger partial charge in [-0.25, -0.2) is 4.98 Å². The van der Waals surface area contributed by atoms with Gasteiger partial charge in [-0.05, 0) is 44.2 Å². The van der Waals surface area contributed by atoms with E-state index in [-0.39, 0.29) is 11.6 Å². The highest BCUT2D eigenvalue weighted by molar-refractivity contribution is 6.35. The molecule has 0 aliphatic carbocycles. The first-order valence-electron chi connectivity index (χ1n) is 7.80. The summed E-state index contributed by atoms with van der Waals surface area (Å²) in [6, 6.07) is 7.02. The first kappa shape index (κ1) is 18.3. The van der Waals surface area contributed by atoms with Gasteiger partial charge >= 0.3 is 0 Å². The summed E-state index contributed by atoms with van der Waals surface area (Å²) in [5, 5.41) is 3.44. The van der Waals surface area contributed by atoms with Crippen LogP contribution in [0.2, 0.25) is 10.0 Å². The van der Waals surface area contributed by atoms with Gasteiger partial charge in [0.05, 0.1) is 10.7 Å². The van der Waals surface area contributed by atoms with Gasteiger partial charge < -0.3 is 15.8 Å². The van der Waals surface area contributed by atoms with Gasteiger partial charge in [-0.15, -0.1) is 0 Å². The molecule has 0 bridgehead atoms. The van der Waals surface area contributed by atoms with Gasteiger partial charge in [0.2, 0.25) is 5.91 Å². The van der Waals surface area contributed by atoms with Gasteiger partial charge in [-0.3, -0.25) is 14.5 Å². The molecule has 2 amide bonds. The van der Waals surface area contributed by atoms with E-state index in [9.17, 15) is 9.59 Å². The number of carbonyl (C=O) groups excluding carboxylic acids is 2. The monoisotopic (exact) mass is 394 g/mol. The fraction of sp³-hybridized carbons (Fsp3) is 0.235. The minimum atomic E-state index is -0.878. The van der Waals surface area contributed by atoms with Gasteiger partial charge in [0.1, 0.15) is 11.9 Å². The average molecular weight is 395 g/mol. The molecule has 9 heteroatoms. The number of hydrogen-bond donors (Lipinski definition) is 2. The first-order chi connectivity index (χ1) is 12.3.